The van der Waals surface area contributed by atoms with Crippen molar-refractivity contribution in [2.45, 2.75) is 32.4 Å². The van der Waals surface area contributed by atoms with Crippen LogP contribution in [-0.2, 0) is 0 Å². The molecule has 0 saturated carbocycles. The number of hydrogen-bond acceptors (Lipinski definition) is 0. The second-order valence-corrected chi connectivity index (χ2v) is 3.05. The Hall–Kier alpha value is -0.470. The van der Waals surface area contributed by atoms with Crippen molar-refractivity contribution in [3.05, 3.63) is 11.6 Å². The fourth-order valence-electron chi connectivity index (χ4n) is 1.37. The van der Waals surface area contributed by atoms with Gasteiger partial charge < -0.3 is 0 Å². The van der Waals surface area contributed by atoms with Gasteiger partial charge in [0, 0.05) is 0 Å². The minimum Gasteiger partial charge on any atom is -0.170 e. The lowest BCUT2D eigenvalue weighted by molar-refractivity contribution is -0.163. The highest BCUT2D eigenvalue weighted by atomic mass is 19.4. The van der Waals surface area contributed by atoms with Crippen LogP contribution in [0, 0.1) is 5.92 Å². The summed E-state index contributed by atoms with van der Waals surface area (Å²) in [5.74, 6) is -1.18. The van der Waals surface area contributed by atoms with E-state index in [1.807, 2.05) is 0 Å². The lowest BCUT2D eigenvalue weighted by Crippen LogP contribution is -2.22. The van der Waals surface area contributed by atoms with Crippen LogP contribution in [0.3, 0.4) is 0 Å². The van der Waals surface area contributed by atoms with Crippen molar-refractivity contribution < 1.29 is 13.2 Å². The predicted molar refractivity (Wildman–Crippen MR) is 37.2 cm³/mol. The summed E-state index contributed by atoms with van der Waals surface area (Å²) in [6.07, 6.45) is -0.912. The van der Waals surface area contributed by atoms with Crippen molar-refractivity contribution in [1.29, 1.82) is 0 Å². The van der Waals surface area contributed by atoms with Crippen LogP contribution in [0.4, 0.5) is 13.2 Å². The number of hydrogen-bond donors (Lipinski definition) is 0. The van der Waals surface area contributed by atoms with Crippen LogP contribution in [0.2, 0.25) is 0 Å². The van der Waals surface area contributed by atoms with Crippen LogP contribution in [0.5, 0.6) is 0 Å². The molecule has 64 valence electrons. The second-order valence-electron chi connectivity index (χ2n) is 3.05. The Morgan fingerprint density at radius 1 is 1.45 bits per heavy atom. The van der Waals surface area contributed by atoms with Gasteiger partial charge in [0.2, 0.25) is 0 Å². The molecular weight excluding hydrogens is 153 g/mol. The number of halogens is 3. The van der Waals surface area contributed by atoms with E-state index in [1.54, 1.807) is 6.92 Å². The third kappa shape index (κ3) is 2.24. The minimum absolute atomic E-state index is 0.265. The maximum absolute atomic E-state index is 12.1. The van der Waals surface area contributed by atoms with E-state index in [-0.39, 0.29) is 6.42 Å². The summed E-state index contributed by atoms with van der Waals surface area (Å²) in [5, 5.41) is 0. The van der Waals surface area contributed by atoms with E-state index in [2.05, 4.69) is 0 Å². The van der Waals surface area contributed by atoms with E-state index in [4.69, 9.17) is 0 Å². The highest BCUT2D eigenvalue weighted by molar-refractivity contribution is 5.06. The lowest BCUT2D eigenvalue weighted by atomic mass is 9.91. The molecule has 0 spiro atoms. The smallest absolute Gasteiger partial charge is 0.170 e. The van der Waals surface area contributed by atoms with Crippen LogP contribution in [-0.4, -0.2) is 6.18 Å². The zero-order chi connectivity index (χ0) is 8.48. The molecule has 0 radical (unpaired) electrons. The Bertz CT molecular complexity index is 167. The second kappa shape index (κ2) is 2.88. The van der Waals surface area contributed by atoms with Crippen LogP contribution >= 0.6 is 0 Å². The highest BCUT2D eigenvalue weighted by Crippen LogP contribution is 2.35. The van der Waals surface area contributed by atoms with Gasteiger partial charge in [-0.15, -0.1) is 0 Å². The van der Waals surface area contributed by atoms with Crippen LogP contribution in [0.1, 0.15) is 26.2 Å². The largest absolute Gasteiger partial charge is 0.395 e. The van der Waals surface area contributed by atoms with E-state index < -0.39 is 12.1 Å². The first kappa shape index (κ1) is 8.62. The van der Waals surface area contributed by atoms with Gasteiger partial charge in [-0.05, 0) is 26.2 Å². The molecule has 0 aromatic carbocycles. The minimum atomic E-state index is -4.03. The molecule has 0 aromatic heterocycles. The normalized spacial score (nSPS) is 26.5. The molecule has 3 heteroatoms. The predicted octanol–water partition coefficient (Wildman–Crippen LogP) is 3.30. The van der Waals surface area contributed by atoms with Crippen molar-refractivity contribution in [2.24, 2.45) is 5.92 Å². The molecule has 0 N–H and O–H groups in total. The fourth-order valence-corrected chi connectivity index (χ4v) is 1.37. The van der Waals surface area contributed by atoms with Gasteiger partial charge in [0.25, 0.3) is 0 Å². The molecule has 11 heavy (non-hydrogen) atoms. The van der Waals surface area contributed by atoms with E-state index in [0.29, 0.717) is 6.42 Å². The molecular formula is C8H11F3. The average molecular weight is 164 g/mol. The molecule has 1 rings (SSSR count). The maximum Gasteiger partial charge on any atom is 0.395 e. The summed E-state index contributed by atoms with van der Waals surface area (Å²) in [6, 6.07) is 0. The van der Waals surface area contributed by atoms with Crippen LogP contribution in [0.25, 0.3) is 0 Å². The molecule has 0 saturated heterocycles. The number of rotatable bonds is 0. The first-order valence-electron chi connectivity index (χ1n) is 3.74. The van der Waals surface area contributed by atoms with E-state index in [9.17, 15) is 13.2 Å². The Labute approximate surface area is 64.1 Å². The first-order valence-corrected chi connectivity index (χ1v) is 3.74. The van der Waals surface area contributed by atoms with E-state index in [1.165, 1.54) is 6.08 Å². The molecule has 1 unspecified atom stereocenters. The van der Waals surface area contributed by atoms with Gasteiger partial charge in [-0.25, -0.2) is 0 Å². The van der Waals surface area contributed by atoms with Gasteiger partial charge in [0.1, 0.15) is 0 Å². The average Bonchev–Trinajstić information content (AvgIpc) is 1.86. The highest BCUT2D eigenvalue weighted by Gasteiger charge is 2.38. The number of alkyl halides is 3. The quantitative estimate of drug-likeness (QED) is 0.482. The molecule has 0 heterocycles. The van der Waals surface area contributed by atoms with Gasteiger partial charge >= 0.3 is 6.18 Å². The van der Waals surface area contributed by atoms with Crippen molar-refractivity contribution in [2.75, 3.05) is 0 Å². The fraction of sp³-hybridized carbons (Fsp3) is 0.750. The molecule has 1 atom stereocenters. The molecule has 0 aromatic rings. The maximum atomic E-state index is 12.1. The molecule has 0 aliphatic heterocycles. The van der Waals surface area contributed by atoms with Crippen LogP contribution in [0.15, 0.2) is 11.6 Å². The topological polar surface area (TPSA) is 0 Å². The Kier molecular flexibility index (Phi) is 2.25. The summed E-state index contributed by atoms with van der Waals surface area (Å²) in [5.41, 5.74) is 0.874. The van der Waals surface area contributed by atoms with Crippen molar-refractivity contribution in [3.8, 4) is 0 Å². The SMILES string of the molecule is CC1=CC(C(F)(F)F)CCC1. The lowest BCUT2D eigenvalue weighted by Gasteiger charge is -2.21. The molecule has 1 aliphatic carbocycles. The van der Waals surface area contributed by atoms with Crippen LogP contribution < -0.4 is 0 Å². The van der Waals surface area contributed by atoms with E-state index >= 15 is 0 Å². The van der Waals surface area contributed by atoms with E-state index in [0.717, 1.165) is 12.0 Å². The summed E-state index contributed by atoms with van der Waals surface area (Å²) in [7, 11) is 0. The first-order chi connectivity index (χ1) is 5.00. The third-order valence-corrected chi connectivity index (χ3v) is 1.99. The van der Waals surface area contributed by atoms with Crippen molar-refractivity contribution in [3.63, 3.8) is 0 Å². The van der Waals surface area contributed by atoms with Gasteiger partial charge in [0.15, 0.2) is 0 Å². The summed E-state index contributed by atoms with van der Waals surface area (Å²) in [4.78, 5) is 0. The summed E-state index contributed by atoms with van der Waals surface area (Å²) in [6.45, 7) is 1.76. The molecule has 1 aliphatic rings. The monoisotopic (exact) mass is 164 g/mol. The third-order valence-electron chi connectivity index (χ3n) is 1.99. The molecule has 0 nitrogen and oxygen atoms in total. The van der Waals surface area contributed by atoms with Gasteiger partial charge in [-0.2, -0.15) is 13.2 Å². The molecule has 0 fully saturated rings. The summed E-state index contributed by atoms with van der Waals surface area (Å²) < 4.78 is 36.2. The Morgan fingerprint density at radius 2 is 2.09 bits per heavy atom. The molecule has 0 bridgehead atoms. The van der Waals surface area contributed by atoms with Crippen molar-refractivity contribution in [1.82, 2.24) is 0 Å². The van der Waals surface area contributed by atoms with Gasteiger partial charge in [-0.1, -0.05) is 11.6 Å². The Balaban J connectivity index is 2.67. The van der Waals surface area contributed by atoms with Gasteiger partial charge in [-0.3, -0.25) is 0 Å². The zero-order valence-corrected chi connectivity index (χ0v) is 6.41. The standard InChI is InChI=1S/C8H11F3/c1-6-3-2-4-7(5-6)8(9,10)11/h5,7H,2-4H2,1H3. The Morgan fingerprint density at radius 3 is 2.45 bits per heavy atom. The number of allylic oxidation sites excluding steroid dienone is 2. The summed E-state index contributed by atoms with van der Waals surface area (Å²) >= 11 is 0. The van der Waals surface area contributed by atoms with Crippen molar-refractivity contribution >= 4 is 0 Å². The zero-order valence-electron chi connectivity index (χ0n) is 6.41. The van der Waals surface area contributed by atoms with Gasteiger partial charge in [0.05, 0.1) is 5.92 Å². The molecule has 0 amide bonds.